The Morgan fingerprint density at radius 3 is 2.47 bits per heavy atom. The van der Waals surface area contributed by atoms with Crippen LogP contribution >= 0.6 is 0 Å². The third kappa shape index (κ3) is 5.84. The van der Waals surface area contributed by atoms with E-state index in [1.54, 1.807) is 0 Å². The van der Waals surface area contributed by atoms with Gasteiger partial charge in [-0.25, -0.2) is 0 Å². The molecule has 3 N–H and O–H groups in total. The zero-order chi connectivity index (χ0) is 12.9. The van der Waals surface area contributed by atoms with Gasteiger partial charge in [-0.15, -0.1) is 0 Å². The summed E-state index contributed by atoms with van der Waals surface area (Å²) in [6.07, 6.45) is 6.36. The number of hydrogen-bond acceptors (Lipinski definition) is 3. The molecule has 0 aliphatic heterocycles. The topological polar surface area (TPSA) is 49.5 Å². The van der Waals surface area contributed by atoms with Gasteiger partial charge < -0.3 is 15.7 Å². The Kier molecular flexibility index (Phi) is 5.90. The second-order valence-electron chi connectivity index (χ2n) is 6.20. The lowest BCUT2D eigenvalue weighted by Gasteiger charge is -2.32. The summed E-state index contributed by atoms with van der Waals surface area (Å²) < 4.78 is 0. The van der Waals surface area contributed by atoms with E-state index >= 15 is 0 Å². The molecule has 1 aliphatic carbocycles. The molecule has 0 amide bonds. The zero-order valence-corrected chi connectivity index (χ0v) is 11.8. The van der Waals surface area contributed by atoms with Gasteiger partial charge in [0.05, 0.1) is 5.60 Å². The van der Waals surface area contributed by atoms with Gasteiger partial charge in [0.25, 0.3) is 0 Å². The van der Waals surface area contributed by atoms with Crippen molar-refractivity contribution in [3.8, 4) is 0 Å². The summed E-state index contributed by atoms with van der Waals surface area (Å²) in [6, 6.07) is 0.355. The fraction of sp³-hybridized carbons (Fsp3) is 1.00. The van der Waals surface area contributed by atoms with E-state index in [1.165, 1.54) is 32.1 Å². The lowest BCUT2D eigenvalue weighted by Crippen LogP contribution is -2.44. The predicted octanol–water partition coefficient (Wildman–Crippen LogP) is 1.99. The van der Waals surface area contributed by atoms with Crippen molar-refractivity contribution >= 4 is 0 Å². The van der Waals surface area contributed by atoms with Crippen molar-refractivity contribution in [2.24, 2.45) is 11.7 Å². The average Bonchev–Trinajstić information content (AvgIpc) is 2.41. The number of hydrogen-bond donors (Lipinski definition) is 2. The molecule has 1 aliphatic rings. The van der Waals surface area contributed by atoms with E-state index in [-0.39, 0.29) is 0 Å². The third-order valence-electron chi connectivity index (χ3n) is 3.77. The molecule has 1 fully saturated rings. The summed E-state index contributed by atoms with van der Waals surface area (Å²) >= 11 is 0. The minimum Gasteiger partial charge on any atom is -0.389 e. The Morgan fingerprint density at radius 1 is 1.24 bits per heavy atom. The smallest absolute Gasteiger partial charge is 0.0718 e. The quantitative estimate of drug-likeness (QED) is 0.725. The number of aliphatic hydroxyl groups is 1. The Balaban J connectivity index is 2.48. The first kappa shape index (κ1) is 14.9. The number of likely N-dealkylation sites (N-methyl/N-ethyl adjacent to an activating group) is 1. The highest BCUT2D eigenvalue weighted by Crippen LogP contribution is 2.23. The fourth-order valence-electron chi connectivity index (χ4n) is 2.82. The SMILES string of the molecule is CCN(CC1CCCCCC1N)CC(C)(C)O. The van der Waals surface area contributed by atoms with Gasteiger partial charge in [0.2, 0.25) is 0 Å². The zero-order valence-electron chi connectivity index (χ0n) is 11.8. The first-order valence-corrected chi connectivity index (χ1v) is 7.12. The number of nitrogens with zero attached hydrogens (tertiary/aromatic N) is 1. The molecule has 102 valence electrons. The highest BCUT2D eigenvalue weighted by atomic mass is 16.3. The van der Waals surface area contributed by atoms with Crippen LogP contribution in [-0.4, -0.2) is 41.3 Å². The van der Waals surface area contributed by atoms with Crippen molar-refractivity contribution in [3.05, 3.63) is 0 Å². The van der Waals surface area contributed by atoms with Gasteiger partial charge in [0, 0.05) is 19.1 Å². The molecule has 3 heteroatoms. The van der Waals surface area contributed by atoms with E-state index in [9.17, 15) is 5.11 Å². The third-order valence-corrected chi connectivity index (χ3v) is 3.77. The Labute approximate surface area is 106 Å². The first-order chi connectivity index (χ1) is 7.92. The first-order valence-electron chi connectivity index (χ1n) is 7.12. The molecule has 3 nitrogen and oxygen atoms in total. The van der Waals surface area contributed by atoms with Gasteiger partial charge in [-0.2, -0.15) is 0 Å². The van der Waals surface area contributed by atoms with Crippen LogP contribution in [0.3, 0.4) is 0 Å². The minimum atomic E-state index is -0.606. The standard InChI is InChI=1S/C14H30N2O/c1-4-16(11-14(2,3)17)10-12-8-6-5-7-9-13(12)15/h12-13,17H,4-11,15H2,1-3H3. The Morgan fingerprint density at radius 2 is 1.88 bits per heavy atom. The van der Waals surface area contributed by atoms with Crippen molar-refractivity contribution in [1.29, 1.82) is 0 Å². The molecular formula is C14H30N2O. The van der Waals surface area contributed by atoms with E-state index < -0.39 is 5.60 Å². The van der Waals surface area contributed by atoms with E-state index in [0.717, 1.165) is 19.6 Å². The van der Waals surface area contributed by atoms with Crippen molar-refractivity contribution in [3.63, 3.8) is 0 Å². The van der Waals surface area contributed by atoms with E-state index in [0.29, 0.717) is 12.0 Å². The van der Waals surface area contributed by atoms with Crippen LogP contribution in [0.25, 0.3) is 0 Å². The van der Waals surface area contributed by atoms with Crippen LogP contribution in [0.1, 0.15) is 52.9 Å². The molecule has 1 saturated carbocycles. The number of rotatable bonds is 5. The van der Waals surface area contributed by atoms with Crippen LogP contribution < -0.4 is 5.73 Å². The Hall–Kier alpha value is -0.120. The molecule has 0 aromatic heterocycles. The normalized spacial score (nSPS) is 27.2. The van der Waals surface area contributed by atoms with E-state index in [1.807, 2.05) is 13.8 Å². The van der Waals surface area contributed by atoms with E-state index in [4.69, 9.17) is 5.73 Å². The monoisotopic (exact) mass is 242 g/mol. The molecule has 0 bridgehead atoms. The van der Waals surface area contributed by atoms with Gasteiger partial charge in [-0.05, 0) is 39.2 Å². The van der Waals surface area contributed by atoms with Crippen LogP contribution in [0, 0.1) is 5.92 Å². The summed E-state index contributed by atoms with van der Waals surface area (Å²) in [6.45, 7) is 8.70. The summed E-state index contributed by atoms with van der Waals surface area (Å²) in [5, 5.41) is 9.90. The highest BCUT2D eigenvalue weighted by molar-refractivity contribution is 4.81. The molecule has 17 heavy (non-hydrogen) atoms. The largest absolute Gasteiger partial charge is 0.389 e. The van der Waals surface area contributed by atoms with Crippen molar-refractivity contribution < 1.29 is 5.11 Å². The second-order valence-corrected chi connectivity index (χ2v) is 6.20. The van der Waals surface area contributed by atoms with E-state index in [2.05, 4.69) is 11.8 Å². The molecule has 0 radical (unpaired) electrons. The van der Waals surface area contributed by atoms with Crippen molar-refractivity contribution in [1.82, 2.24) is 4.90 Å². The summed E-state index contributed by atoms with van der Waals surface area (Å²) in [4.78, 5) is 2.34. The fourth-order valence-corrected chi connectivity index (χ4v) is 2.82. The molecule has 2 unspecified atom stereocenters. The second kappa shape index (κ2) is 6.72. The van der Waals surface area contributed by atoms with Crippen LogP contribution in [-0.2, 0) is 0 Å². The minimum absolute atomic E-state index is 0.355. The molecule has 0 heterocycles. The summed E-state index contributed by atoms with van der Waals surface area (Å²) in [5.41, 5.74) is 5.65. The average molecular weight is 242 g/mol. The van der Waals surface area contributed by atoms with Crippen LogP contribution in [0.2, 0.25) is 0 Å². The van der Waals surface area contributed by atoms with Crippen molar-refractivity contribution in [2.75, 3.05) is 19.6 Å². The van der Waals surface area contributed by atoms with Gasteiger partial charge >= 0.3 is 0 Å². The van der Waals surface area contributed by atoms with Gasteiger partial charge in [0.15, 0.2) is 0 Å². The summed E-state index contributed by atoms with van der Waals surface area (Å²) in [7, 11) is 0. The van der Waals surface area contributed by atoms with Gasteiger partial charge in [-0.3, -0.25) is 0 Å². The van der Waals surface area contributed by atoms with Crippen LogP contribution in [0.4, 0.5) is 0 Å². The van der Waals surface area contributed by atoms with Crippen LogP contribution in [0.5, 0.6) is 0 Å². The maximum absolute atomic E-state index is 9.90. The lowest BCUT2D eigenvalue weighted by molar-refractivity contribution is 0.0310. The summed E-state index contributed by atoms with van der Waals surface area (Å²) in [5.74, 6) is 0.611. The molecule has 0 aromatic rings. The van der Waals surface area contributed by atoms with Gasteiger partial charge in [-0.1, -0.05) is 26.2 Å². The molecule has 0 aromatic carbocycles. The maximum atomic E-state index is 9.90. The maximum Gasteiger partial charge on any atom is 0.0718 e. The molecule has 1 rings (SSSR count). The number of nitrogens with two attached hydrogens (primary N) is 1. The van der Waals surface area contributed by atoms with Crippen LogP contribution in [0.15, 0.2) is 0 Å². The van der Waals surface area contributed by atoms with Crippen molar-refractivity contribution in [2.45, 2.75) is 64.5 Å². The highest BCUT2D eigenvalue weighted by Gasteiger charge is 2.24. The molecule has 0 saturated heterocycles. The molecule has 0 spiro atoms. The lowest BCUT2D eigenvalue weighted by atomic mass is 9.94. The molecule has 2 atom stereocenters. The Bertz CT molecular complexity index is 213. The van der Waals surface area contributed by atoms with Gasteiger partial charge in [0.1, 0.15) is 0 Å². The molecular weight excluding hydrogens is 212 g/mol. The predicted molar refractivity (Wildman–Crippen MR) is 73.0 cm³/mol.